The van der Waals surface area contributed by atoms with Crippen LogP contribution in [0.15, 0.2) is 42.7 Å². The van der Waals surface area contributed by atoms with Gasteiger partial charge in [0.2, 0.25) is 5.91 Å². The van der Waals surface area contributed by atoms with Crippen molar-refractivity contribution in [2.75, 3.05) is 20.3 Å². The highest BCUT2D eigenvalue weighted by molar-refractivity contribution is 5.79. The van der Waals surface area contributed by atoms with E-state index in [-0.39, 0.29) is 11.8 Å². The number of ether oxygens (including phenoxy) is 1. The van der Waals surface area contributed by atoms with Gasteiger partial charge in [0, 0.05) is 32.6 Å². The Hall–Kier alpha value is -2.14. The molecule has 1 fully saturated rings. The summed E-state index contributed by atoms with van der Waals surface area (Å²) in [5, 5.41) is 4.22. The second-order valence-electron chi connectivity index (χ2n) is 5.38. The molecule has 1 aromatic carbocycles. The Morgan fingerprint density at radius 1 is 1.48 bits per heavy atom. The topological polar surface area (TPSA) is 47.4 Å². The van der Waals surface area contributed by atoms with Crippen molar-refractivity contribution in [1.82, 2.24) is 14.7 Å². The number of hydrogen-bond acceptors (Lipinski definition) is 3. The maximum atomic E-state index is 12.3. The van der Waals surface area contributed by atoms with Crippen LogP contribution in [-0.2, 0) is 16.1 Å². The minimum Gasteiger partial charge on any atom is -0.381 e. The maximum absolute atomic E-state index is 12.3. The molecule has 5 nitrogen and oxygen atoms in total. The van der Waals surface area contributed by atoms with E-state index >= 15 is 0 Å². The third kappa shape index (κ3) is 3.13. The third-order valence-electron chi connectivity index (χ3n) is 3.75. The van der Waals surface area contributed by atoms with Crippen LogP contribution in [-0.4, -0.2) is 40.8 Å². The van der Waals surface area contributed by atoms with Gasteiger partial charge in [0.25, 0.3) is 0 Å². The van der Waals surface area contributed by atoms with Crippen LogP contribution in [0.2, 0.25) is 0 Å². The number of amides is 1. The van der Waals surface area contributed by atoms with Gasteiger partial charge < -0.3 is 9.64 Å². The number of nitrogens with zero attached hydrogens (tertiary/aromatic N) is 3. The van der Waals surface area contributed by atoms with Crippen molar-refractivity contribution in [3.8, 4) is 5.69 Å². The molecular formula is C16H19N3O2. The molecule has 1 aliphatic rings. The summed E-state index contributed by atoms with van der Waals surface area (Å²) in [4.78, 5) is 14.1. The van der Waals surface area contributed by atoms with Crippen LogP contribution in [0, 0.1) is 5.92 Å². The first kappa shape index (κ1) is 13.8. The molecule has 110 valence electrons. The quantitative estimate of drug-likeness (QED) is 0.861. The highest BCUT2D eigenvalue weighted by Gasteiger charge is 2.26. The van der Waals surface area contributed by atoms with E-state index in [2.05, 4.69) is 11.2 Å². The fourth-order valence-electron chi connectivity index (χ4n) is 2.61. The van der Waals surface area contributed by atoms with E-state index in [1.807, 2.05) is 42.2 Å². The summed E-state index contributed by atoms with van der Waals surface area (Å²) in [7, 11) is 1.85. The highest BCUT2D eigenvalue weighted by Crippen LogP contribution is 2.17. The number of aromatic nitrogens is 2. The number of carbonyl (C=O) groups is 1. The maximum Gasteiger partial charge on any atom is 0.228 e. The third-order valence-corrected chi connectivity index (χ3v) is 3.75. The lowest BCUT2D eigenvalue weighted by Crippen LogP contribution is -2.32. The van der Waals surface area contributed by atoms with Crippen molar-refractivity contribution >= 4 is 5.91 Å². The van der Waals surface area contributed by atoms with E-state index < -0.39 is 0 Å². The van der Waals surface area contributed by atoms with Crippen LogP contribution in [0.3, 0.4) is 0 Å². The van der Waals surface area contributed by atoms with E-state index in [9.17, 15) is 4.79 Å². The molecule has 1 atom stereocenters. The zero-order chi connectivity index (χ0) is 14.7. The van der Waals surface area contributed by atoms with Crippen LogP contribution in [0.4, 0.5) is 0 Å². The molecule has 0 aliphatic carbocycles. The van der Waals surface area contributed by atoms with Gasteiger partial charge in [-0.05, 0) is 30.2 Å². The number of hydrogen-bond donors (Lipinski definition) is 0. The minimum atomic E-state index is 0.0179. The Bertz CT molecular complexity index is 604. The zero-order valence-electron chi connectivity index (χ0n) is 12.1. The molecule has 0 saturated carbocycles. The van der Waals surface area contributed by atoms with Gasteiger partial charge in [-0.15, -0.1) is 0 Å². The van der Waals surface area contributed by atoms with Crippen molar-refractivity contribution in [1.29, 1.82) is 0 Å². The van der Waals surface area contributed by atoms with Gasteiger partial charge in [0.15, 0.2) is 0 Å². The first-order valence-electron chi connectivity index (χ1n) is 7.16. The van der Waals surface area contributed by atoms with Crippen molar-refractivity contribution in [3.63, 3.8) is 0 Å². The standard InChI is InChI=1S/C16H19N3O2/c1-18(16(20)14-6-9-21-12-14)11-13-4-2-5-15(10-13)19-8-3-7-17-19/h2-5,7-8,10,14H,6,9,11-12H2,1H3/t14-/m0/s1. The molecule has 1 amide bonds. The van der Waals surface area contributed by atoms with Crippen LogP contribution >= 0.6 is 0 Å². The summed E-state index contributed by atoms with van der Waals surface area (Å²) in [5.74, 6) is 0.182. The Balaban J connectivity index is 1.69. The summed E-state index contributed by atoms with van der Waals surface area (Å²) < 4.78 is 7.10. The molecule has 2 heterocycles. The van der Waals surface area contributed by atoms with Gasteiger partial charge in [0.1, 0.15) is 0 Å². The molecule has 5 heteroatoms. The van der Waals surface area contributed by atoms with Crippen molar-refractivity contribution in [3.05, 3.63) is 48.3 Å². The average Bonchev–Trinajstić information content (AvgIpc) is 3.20. The van der Waals surface area contributed by atoms with E-state index in [0.29, 0.717) is 19.8 Å². The molecule has 1 aromatic heterocycles. The van der Waals surface area contributed by atoms with E-state index in [1.54, 1.807) is 11.1 Å². The molecule has 0 radical (unpaired) electrons. The minimum absolute atomic E-state index is 0.0179. The summed E-state index contributed by atoms with van der Waals surface area (Å²) in [5.41, 5.74) is 2.10. The lowest BCUT2D eigenvalue weighted by atomic mass is 10.1. The summed E-state index contributed by atoms with van der Waals surface area (Å²) in [6.45, 7) is 1.85. The Kier molecular flexibility index (Phi) is 4.01. The van der Waals surface area contributed by atoms with Crippen LogP contribution in [0.1, 0.15) is 12.0 Å². The average molecular weight is 285 g/mol. The molecule has 0 bridgehead atoms. The fourth-order valence-corrected chi connectivity index (χ4v) is 2.61. The lowest BCUT2D eigenvalue weighted by Gasteiger charge is -2.20. The highest BCUT2D eigenvalue weighted by atomic mass is 16.5. The van der Waals surface area contributed by atoms with Gasteiger partial charge in [0.05, 0.1) is 18.2 Å². The second-order valence-corrected chi connectivity index (χ2v) is 5.38. The predicted octanol–water partition coefficient (Wildman–Crippen LogP) is 1.87. The fraction of sp³-hybridized carbons (Fsp3) is 0.375. The predicted molar refractivity (Wildman–Crippen MR) is 79.0 cm³/mol. The SMILES string of the molecule is CN(Cc1cccc(-n2cccn2)c1)C(=O)[C@H]1CCOC1. The van der Waals surface area contributed by atoms with Crippen LogP contribution in [0.5, 0.6) is 0 Å². The first-order chi connectivity index (χ1) is 10.2. The van der Waals surface area contributed by atoms with Crippen molar-refractivity contribution in [2.24, 2.45) is 5.92 Å². The molecule has 0 N–H and O–H groups in total. The molecule has 2 aromatic rings. The normalized spacial score (nSPS) is 17.9. The first-order valence-corrected chi connectivity index (χ1v) is 7.16. The summed E-state index contributed by atoms with van der Waals surface area (Å²) in [6.07, 6.45) is 4.49. The van der Waals surface area contributed by atoms with Gasteiger partial charge >= 0.3 is 0 Å². The Morgan fingerprint density at radius 2 is 2.38 bits per heavy atom. The van der Waals surface area contributed by atoms with Gasteiger partial charge in [-0.25, -0.2) is 4.68 Å². The number of carbonyl (C=O) groups excluding carboxylic acids is 1. The number of rotatable bonds is 4. The molecule has 1 saturated heterocycles. The van der Waals surface area contributed by atoms with Crippen LogP contribution in [0.25, 0.3) is 5.69 Å². The molecule has 1 aliphatic heterocycles. The Morgan fingerprint density at radius 3 is 3.10 bits per heavy atom. The summed E-state index contributed by atoms with van der Waals surface area (Å²) in [6, 6.07) is 9.97. The van der Waals surface area contributed by atoms with Gasteiger partial charge in [-0.2, -0.15) is 5.10 Å². The molecule has 21 heavy (non-hydrogen) atoms. The molecule has 0 spiro atoms. The number of benzene rings is 1. The van der Waals surface area contributed by atoms with Crippen molar-refractivity contribution < 1.29 is 9.53 Å². The Labute approximate surface area is 124 Å². The van der Waals surface area contributed by atoms with Gasteiger partial charge in [-0.1, -0.05) is 12.1 Å². The van der Waals surface area contributed by atoms with E-state index in [0.717, 1.165) is 17.7 Å². The zero-order valence-corrected chi connectivity index (χ0v) is 12.1. The monoisotopic (exact) mass is 285 g/mol. The largest absolute Gasteiger partial charge is 0.381 e. The van der Waals surface area contributed by atoms with Gasteiger partial charge in [-0.3, -0.25) is 4.79 Å². The summed E-state index contributed by atoms with van der Waals surface area (Å²) >= 11 is 0. The molecular weight excluding hydrogens is 266 g/mol. The van der Waals surface area contributed by atoms with E-state index in [4.69, 9.17) is 4.74 Å². The molecule has 3 rings (SSSR count). The second kappa shape index (κ2) is 6.10. The molecule has 0 unspecified atom stereocenters. The lowest BCUT2D eigenvalue weighted by molar-refractivity contribution is -0.134. The van der Waals surface area contributed by atoms with Crippen LogP contribution < -0.4 is 0 Å². The van der Waals surface area contributed by atoms with Crippen molar-refractivity contribution in [2.45, 2.75) is 13.0 Å². The smallest absolute Gasteiger partial charge is 0.228 e. The van der Waals surface area contributed by atoms with E-state index in [1.165, 1.54) is 0 Å².